The zero-order chi connectivity index (χ0) is 21.3. The number of hydrogen-bond donors (Lipinski definition) is 1. The third-order valence-electron chi connectivity index (χ3n) is 4.73. The first-order valence-electron chi connectivity index (χ1n) is 9.14. The van der Waals surface area contributed by atoms with E-state index >= 15 is 0 Å². The van der Waals surface area contributed by atoms with Gasteiger partial charge in [-0.15, -0.1) is 0 Å². The number of imide groups is 1. The summed E-state index contributed by atoms with van der Waals surface area (Å²) in [5, 5.41) is 21.4. The van der Waals surface area contributed by atoms with Gasteiger partial charge in [-0.2, -0.15) is 0 Å². The molecule has 1 aliphatic rings. The van der Waals surface area contributed by atoms with Gasteiger partial charge in [-0.3, -0.25) is 24.6 Å². The van der Waals surface area contributed by atoms with E-state index in [4.69, 9.17) is 4.74 Å². The highest BCUT2D eigenvalue weighted by molar-refractivity contribution is 6.23. The number of nitro groups is 1. The van der Waals surface area contributed by atoms with Crippen molar-refractivity contribution in [3.8, 4) is 5.75 Å². The maximum Gasteiger partial charge on any atom is 0.282 e. The van der Waals surface area contributed by atoms with Crippen LogP contribution in [0.2, 0.25) is 0 Å². The third-order valence-corrected chi connectivity index (χ3v) is 4.73. The molecule has 152 valence electrons. The van der Waals surface area contributed by atoms with Gasteiger partial charge in [-0.05, 0) is 29.2 Å². The summed E-state index contributed by atoms with van der Waals surface area (Å²) in [7, 11) is 0. The standard InChI is InChI=1S/C21H22N2O6/c1-21(2,3)13-7-9-15(10-8-13)29-12-14(24)11-22-19(25)16-5-4-6-17(23(27)28)18(16)20(22)26/h4-10,14,24H,11-12H2,1-3H3/t14-/m0/s1. The molecule has 1 N–H and O–H groups in total. The average molecular weight is 398 g/mol. The number of aliphatic hydroxyl groups is 1. The first kappa shape index (κ1) is 20.5. The third kappa shape index (κ3) is 4.12. The molecule has 2 aromatic rings. The first-order valence-corrected chi connectivity index (χ1v) is 9.14. The van der Waals surface area contributed by atoms with Gasteiger partial charge in [0.05, 0.1) is 17.0 Å². The van der Waals surface area contributed by atoms with E-state index in [2.05, 4.69) is 20.8 Å². The van der Waals surface area contributed by atoms with Crippen molar-refractivity contribution in [3.05, 3.63) is 69.3 Å². The van der Waals surface area contributed by atoms with E-state index in [-0.39, 0.29) is 29.7 Å². The lowest BCUT2D eigenvalue weighted by atomic mass is 9.87. The van der Waals surface area contributed by atoms with Crippen molar-refractivity contribution in [2.45, 2.75) is 32.3 Å². The van der Waals surface area contributed by atoms with E-state index in [0.29, 0.717) is 5.75 Å². The first-order chi connectivity index (χ1) is 13.6. The minimum Gasteiger partial charge on any atom is -0.491 e. The van der Waals surface area contributed by atoms with E-state index in [9.17, 15) is 24.8 Å². The summed E-state index contributed by atoms with van der Waals surface area (Å²) in [5.41, 5.74) is 0.445. The van der Waals surface area contributed by atoms with Crippen molar-refractivity contribution in [1.82, 2.24) is 4.90 Å². The Balaban J connectivity index is 1.65. The number of amides is 2. The van der Waals surface area contributed by atoms with E-state index in [1.54, 1.807) is 12.1 Å². The minimum atomic E-state index is -1.14. The number of aliphatic hydroxyl groups excluding tert-OH is 1. The fourth-order valence-electron chi connectivity index (χ4n) is 3.14. The topological polar surface area (TPSA) is 110 Å². The van der Waals surface area contributed by atoms with Gasteiger partial charge in [0.1, 0.15) is 24.0 Å². The van der Waals surface area contributed by atoms with Gasteiger partial charge in [-0.25, -0.2) is 0 Å². The monoisotopic (exact) mass is 398 g/mol. The number of carbonyl (C=O) groups excluding carboxylic acids is 2. The Morgan fingerprint density at radius 2 is 1.76 bits per heavy atom. The second-order valence-electron chi connectivity index (χ2n) is 7.92. The van der Waals surface area contributed by atoms with Gasteiger partial charge < -0.3 is 9.84 Å². The molecule has 8 heteroatoms. The lowest BCUT2D eigenvalue weighted by Gasteiger charge is -2.20. The maximum atomic E-state index is 12.5. The largest absolute Gasteiger partial charge is 0.491 e. The van der Waals surface area contributed by atoms with Crippen LogP contribution in [0.25, 0.3) is 0 Å². The number of carbonyl (C=O) groups is 2. The smallest absolute Gasteiger partial charge is 0.282 e. The van der Waals surface area contributed by atoms with Gasteiger partial charge in [0.2, 0.25) is 0 Å². The van der Waals surface area contributed by atoms with Crippen molar-refractivity contribution < 1.29 is 24.4 Å². The number of ether oxygens (including phenoxy) is 1. The molecule has 8 nitrogen and oxygen atoms in total. The molecule has 2 aromatic carbocycles. The molecule has 0 aromatic heterocycles. The van der Waals surface area contributed by atoms with Crippen molar-refractivity contribution in [3.63, 3.8) is 0 Å². The molecule has 3 rings (SSSR count). The number of β-amino-alcohol motifs (C(OH)–C–C–N with tert-alkyl or cyclic N) is 1. The van der Waals surface area contributed by atoms with Crippen LogP contribution in [0.5, 0.6) is 5.75 Å². The van der Waals surface area contributed by atoms with Crippen LogP contribution in [0.1, 0.15) is 47.1 Å². The second kappa shape index (κ2) is 7.63. The zero-order valence-electron chi connectivity index (χ0n) is 16.4. The Hall–Kier alpha value is -3.26. The van der Waals surface area contributed by atoms with Crippen LogP contribution < -0.4 is 4.74 Å². The van der Waals surface area contributed by atoms with Gasteiger partial charge >= 0.3 is 0 Å². The van der Waals surface area contributed by atoms with Crippen LogP contribution in [0.15, 0.2) is 42.5 Å². The molecule has 0 saturated carbocycles. The van der Waals surface area contributed by atoms with E-state index in [0.717, 1.165) is 10.5 Å². The summed E-state index contributed by atoms with van der Waals surface area (Å²) in [6, 6.07) is 11.3. The molecule has 0 bridgehead atoms. The summed E-state index contributed by atoms with van der Waals surface area (Å²) in [6.45, 7) is 5.84. The molecular formula is C21H22N2O6. The van der Waals surface area contributed by atoms with E-state index in [1.165, 1.54) is 18.2 Å². The van der Waals surface area contributed by atoms with Crippen LogP contribution in [0, 0.1) is 10.1 Å². The molecule has 0 spiro atoms. The molecule has 2 amide bonds. The van der Waals surface area contributed by atoms with Crippen LogP contribution in [0.4, 0.5) is 5.69 Å². The van der Waals surface area contributed by atoms with Gasteiger partial charge in [0.15, 0.2) is 0 Å². The van der Waals surface area contributed by atoms with E-state index < -0.39 is 28.5 Å². The van der Waals surface area contributed by atoms with E-state index in [1.807, 2.05) is 12.1 Å². The van der Waals surface area contributed by atoms with Crippen LogP contribution in [-0.4, -0.2) is 46.0 Å². The summed E-state index contributed by atoms with van der Waals surface area (Å²) < 4.78 is 5.55. The number of nitrogens with zero attached hydrogens (tertiary/aromatic N) is 2. The Labute approximate surface area is 167 Å². The van der Waals surface area contributed by atoms with Crippen LogP contribution >= 0.6 is 0 Å². The lowest BCUT2D eigenvalue weighted by Crippen LogP contribution is -2.39. The Morgan fingerprint density at radius 1 is 1.10 bits per heavy atom. The molecule has 0 unspecified atom stereocenters. The molecular weight excluding hydrogens is 376 g/mol. The van der Waals surface area contributed by atoms with Gasteiger partial charge in [-0.1, -0.05) is 39.0 Å². The van der Waals surface area contributed by atoms with Gasteiger partial charge in [0.25, 0.3) is 17.5 Å². The average Bonchev–Trinajstić information content (AvgIpc) is 2.91. The quantitative estimate of drug-likeness (QED) is 0.455. The normalized spacial score (nSPS) is 14.7. The van der Waals surface area contributed by atoms with Crippen molar-refractivity contribution in [2.24, 2.45) is 0 Å². The van der Waals surface area contributed by atoms with Crippen LogP contribution in [0.3, 0.4) is 0 Å². The van der Waals surface area contributed by atoms with Crippen molar-refractivity contribution in [2.75, 3.05) is 13.2 Å². The molecule has 0 aliphatic carbocycles. The Morgan fingerprint density at radius 3 is 2.34 bits per heavy atom. The summed E-state index contributed by atoms with van der Waals surface area (Å²) >= 11 is 0. The highest BCUT2D eigenvalue weighted by Gasteiger charge is 2.41. The number of rotatable bonds is 6. The Bertz CT molecular complexity index is 962. The molecule has 1 heterocycles. The maximum absolute atomic E-state index is 12.5. The fourth-order valence-corrected chi connectivity index (χ4v) is 3.14. The number of fused-ring (bicyclic) bond motifs is 1. The summed E-state index contributed by atoms with van der Waals surface area (Å²) in [4.78, 5) is 36.2. The molecule has 29 heavy (non-hydrogen) atoms. The predicted molar refractivity (Wildman–Crippen MR) is 105 cm³/mol. The summed E-state index contributed by atoms with van der Waals surface area (Å²) in [5.74, 6) is -0.900. The van der Waals surface area contributed by atoms with Crippen molar-refractivity contribution in [1.29, 1.82) is 0 Å². The fraction of sp³-hybridized carbons (Fsp3) is 0.333. The molecule has 0 saturated heterocycles. The highest BCUT2D eigenvalue weighted by atomic mass is 16.6. The molecule has 0 fully saturated rings. The number of nitro benzene ring substituents is 1. The molecule has 1 aliphatic heterocycles. The SMILES string of the molecule is CC(C)(C)c1ccc(OC[C@@H](O)CN2C(=O)c3cccc([N+](=O)[O-])c3C2=O)cc1. The lowest BCUT2D eigenvalue weighted by molar-refractivity contribution is -0.385. The van der Waals surface area contributed by atoms with Gasteiger partial charge in [0, 0.05) is 6.07 Å². The zero-order valence-corrected chi connectivity index (χ0v) is 16.4. The predicted octanol–water partition coefficient (Wildman–Crippen LogP) is 2.93. The van der Waals surface area contributed by atoms with Crippen LogP contribution in [-0.2, 0) is 5.41 Å². The highest BCUT2D eigenvalue weighted by Crippen LogP contribution is 2.31. The number of hydrogen-bond acceptors (Lipinski definition) is 6. The number of benzene rings is 2. The minimum absolute atomic E-state index is 0.00609. The summed E-state index contributed by atoms with van der Waals surface area (Å²) in [6.07, 6.45) is -1.14. The molecule has 1 atom stereocenters. The van der Waals surface area contributed by atoms with Crippen molar-refractivity contribution >= 4 is 17.5 Å². The Kier molecular flexibility index (Phi) is 5.39. The molecule has 0 radical (unpaired) electrons. The second-order valence-corrected chi connectivity index (χ2v) is 7.92.